The molecule has 2 fully saturated rings. The molecular weight excluding hydrogens is 558 g/mol. The van der Waals surface area contributed by atoms with E-state index < -0.39 is 22.0 Å². The summed E-state index contributed by atoms with van der Waals surface area (Å²) in [5, 5.41) is 20.4. The van der Waals surface area contributed by atoms with Gasteiger partial charge in [-0.15, -0.1) is 0 Å². The Labute approximate surface area is 241 Å². The van der Waals surface area contributed by atoms with Crippen molar-refractivity contribution in [2.75, 3.05) is 57.1 Å². The molecule has 41 heavy (non-hydrogen) atoms. The van der Waals surface area contributed by atoms with Gasteiger partial charge < -0.3 is 25.6 Å². The minimum Gasteiger partial charge on any atom is -0.473 e. The highest BCUT2D eigenvalue weighted by atomic mass is 32.2. The zero-order chi connectivity index (χ0) is 29.9. The van der Waals surface area contributed by atoms with Crippen LogP contribution in [0.25, 0.3) is 0 Å². The van der Waals surface area contributed by atoms with Gasteiger partial charge in [0.15, 0.2) is 0 Å². The van der Waals surface area contributed by atoms with E-state index >= 15 is 0 Å². The molecule has 232 valence electrons. The molecule has 1 saturated carbocycles. The Morgan fingerprint density at radius 3 is 2.27 bits per heavy atom. The van der Waals surface area contributed by atoms with Crippen molar-refractivity contribution in [1.82, 2.24) is 19.7 Å². The van der Waals surface area contributed by atoms with Gasteiger partial charge in [0.25, 0.3) is 0 Å². The zero-order valence-corrected chi connectivity index (χ0v) is 24.2. The Balaban J connectivity index is 0.000000883. The van der Waals surface area contributed by atoms with E-state index in [9.17, 15) is 13.2 Å². The second-order valence-electron chi connectivity index (χ2n) is 9.79. The van der Waals surface area contributed by atoms with Crippen molar-refractivity contribution < 1.29 is 42.6 Å². The number of rotatable bonds is 14. The monoisotopic (exact) mass is 601 g/mol. The van der Waals surface area contributed by atoms with Gasteiger partial charge in [0, 0.05) is 44.3 Å². The molecule has 0 bridgehead atoms. The number of anilines is 1. The summed E-state index contributed by atoms with van der Waals surface area (Å²) in [6.07, 6.45) is 11.2. The smallest absolute Gasteiger partial charge is 0.414 e. The van der Waals surface area contributed by atoms with Crippen molar-refractivity contribution in [1.29, 1.82) is 0 Å². The van der Waals surface area contributed by atoms with E-state index in [0.29, 0.717) is 31.8 Å². The molecule has 0 radical (unpaired) electrons. The Morgan fingerprint density at radius 2 is 1.63 bits per heavy atom. The second-order valence-corrected chi connectivity index (χ2v) is 11.7. The van der Waals surface area contributed by atoms with Crippen LogP contribution in [0.4, 0.5) is 10.5 Å². The van der Waals surface area contributed by atoms with E-state index in [1.165, 1.54) is 4.47 Å². The van der Waals surface area contributed by atoms with Crippen LogP contribution in [0.2, 0.25) is 0 Å². The molecule has 15 heteroatoms. The number of amides is 2. The first kappa shape index (κ1) is 34.4. The number of carbonyl (C=O) groups excluding carboxylic acids is 1. The average Bonchev–Trinajstić information content (AvgIpc) is 2.96. The number of morpholine rings is 1. The van der Waals surface area contributed by atoms with Crippen molar-refractivity contribution in [3.63, 3.8) is 0 Å². The zero-order valence-electron chi connectivity index (χ0n) is 23.4. The quantitative estimate of drug-likeness (QED) is 0.139. The minimum atomic E-state index is -3.48. The SMILES string of the molecule is O=C(NCCCCCCS(=O)(=O)N(OCCN1CCOCC1)C1CCCCC1)Nc1ccncc1.O=C(O)C(=O)O. The summed E-state index contributed by atoms with van der Waals surface area (Å²) in [5.74, 6) is -3.55. The molecule has 2 amide bonds. The molecule has 1 saturated heterocycles. The van der Waals surface area contributed by atoms with E-state index in [2.05, 4.69) is 20.5 Å². The van der Waals surface area contributed by atoms with E-state index in [-0.39, 0.29) is 17.8 Å². The van der Waals surface area contributed by atoms with Crippen LogP contribution < -0.4 is 10.6 Å². The Kier molecular flexibility index (Phi) is 16.2. The van der Waals surface area contributed by atoms with Gasteiger partial charge in [-0.1, -0.05) is 36.6 Å². The number of pyridine rings is 1. The van der Waals surface area contributed by atoms with Crippen LogP contribution in [0.15, 0.2) is 24.5 Å². The lowest BCUT2D eigenvalue weighted by Gasteiger charge is -2.33. The van der Waals surface area contributed by atoms with Gasteiger partial charge in [-0.2, -0.15) is 0 Å². The molecule has 1 aromatic heterocycles. The fourth-order valence-electron chi connectivity index (χ4n) is 4.45. The van der Waals surface area contributed by atoms with Gasteiger partial charge in [-0.25, -0.2) is 22.8 Å². The predicted octanol–water partition coefficient (Wildman–Crippen LogP) is 2.15. The number of nitrogens with zero attached hydrogens (tertiary/aromatic N) is 3. The lowest BCUT2D eigenvalue weighted by Crippen LogP contribution is -2.45. The molecule has 1 aliphatic heterocycles. The predicted molar refractivity (Wildman–Crippen MR) is 151 cm³/mol. The number of unbranched alkanes of at least 4 members (excludes halogenated alkanes) is 3. The van der Waals surface area contributed by atoms with Crippen LogP contribution in [0.1, 0.15) is 57.8 Å². The number of nitrogens with one attached hydrogen (secondary N) is 2. The number of ether oxygens (including phenoxy) is 1. The number of hydrogen-bond donors (Lipinski definition) is 4. The number of aromatic nitrogens is 1. The molecule has 14 nitrogen and oxygen atoms in total. The summed E-state index contributed by atoms with van der Waals surface area (Å²) in [6, 6.07) is 3.14. The maximum Gasteiger partial charge on any atom is 0.414 e. The number of carboxylic acids is 2. The highest BCUT2D eigenvalue weighted by Gasteiger charge is 2.32. The summed E-state index contributed by atoms with van der Waals surface area (Å²) < 4.78 is 33.0. The minimum absolute atomic E-state index is 0.0541. The van der Waals surface area contributed by atoms with Crippen molar-refractivity contribution in [3.05, 3.63) is 24.5 Å². The number of hydrogen-bond acceptors (Lipinski definition) is 9. The summed E-state index contributed by atoms with van der Waals surface area (Å²) >= 11 is 0. The van der Waals surface area contributed by atoms with Gasteiger partial charge in [0.05, 0.1) is 31.6 Å². The highest BCUT2D eigenvalue weighted by Crippen LogP contribution is 2.26. The number of carboxylic acid groups (broad SMARTS) is 2. The fraction of sp³-hybridized carbons (Fsp3) is 0.692. The molecule has 0 aromatic carbocycles. The maximum absolute atomic E-state index is 13.2. The van der Waals surface area contributed by atoms with Crippen LogP contribution in [0.5, 0.6) is 0 Å². The number of urea groups is 1. The van der Waals surface area contributed by atoms with Crippen molar-refractivity contribution >= 4 is 33.7 Å². The molecule has 1 aromatic rings. The first-order chi connectivity index (χ1) is 19.7. The van der Waals surface area contributed by atoms with E-state index in [1.807, 2.05) is 0 Å². The second kappa shape index (κ2) is 19.3. The van der Waals surface area contributed by atoms with Crippen molar-refractivity contribution in [2.24, 2.45) is 0 Å². The maximum atomic E-state index is 13.2. The first-order valence-electron chi connectivity index (χ1n) is 14.1. The van der Waals surface area contributed by atoms with Crippen LogP contribution >= 0.6 is 0 Å². The average molecular weight is 602 g/mol. The molecule has 2 heterocycles. The van der Waals surface area contributed by atoms with Gasteiger partial charge >= 0.3 is 18.0 Å². The molecule has 0 spiro atoms. The normalized spacial score (nSPS) is 16.4. The van der Waals surface area contributed by atoms with Crippen LogP contribution in [0.3, 0.4) is 0 Å². The molecule has 4 N–H and O–H groups in total. The Bertz CT molecular complexity index is 1010. The summed E-state index contributed by atoms with van der Waals surface area (Å²) in [6.45, 7) is 4.79. The lowest BCUT2D eigenvalue weighted by molar-refractivity contribution is -0.159. The van der Waals surface area contributed by atoms with Crippen molar-refractivity contribution in [3.8, 4) is 0 Å². The molecule has 0 unspecified atom stereocenters. The molecule has 2 aliphatic rings. The van der Waals surface area contributed by atoms with Crippen LogP contribution in [-0.2, 0) is 29.2 Å². The topological polar surface area (TPSA) is 188 Å². The summed E-state index contributed by atoms with van der Waals surface area (Å²) in [4.78, 5) is 42.2. The number of sulfonamides is 1. The van der Waals surface area contributed by atoms with E-state index in [4.69, 9.17) is 29.4 Å². The highest BCUT2D eigenvalue weighted by molar-refractivity contribution is 7.88. The van der Waals surface area contributed by atoms with Gasteiger partial charge in [0.2, 0.25) is 10.0 Å². The largest absolute Gasteiger partial charge is 0.473 e. The number of hydroxylamine groups is 1. The van der Waals surface area contributed by atoms with Gasteiger partial charge in [-0.3, -0.25) is 14.7 Å². The van der Waals surface area contributed by atoms with Crippen LogP contribution in [-0.4, -0.2) is 109 Å². The Morgan fingerprint density at radius 1 is 1.00 bits per heavy atom. The number of carbonyl (C=O) groups is 3. The van der Waals surface area contributed by atoms with Crippen LogP contribution in [0, 0.1) is 0 Å². The lowest BCUT2D eigenvalue weighted by atomic mass is 9.96. The first-order valence-corrected chi connectivity index (χ1v) is 15.7. The Hall–Kier alpha value is -2.85. The third kappa shape index (κ3) is 14.6. The third-order valence-electron chi connectivity index (χ3n) is 6.61. The molecule has 1 aliphatic carbocycles. The van der Waals surface area contributed by atoms with Gasteiger partial charge in [-0.05, 0) is 37.8 Å². The van der Waals surface area contributed by atoms with E-state index in [1.54, 1.807) is 24.5 Å². The van der Waals surface area contributed by atoms with Gasteiger partial charge in [0.1, 0.15) is 0 Å². The number of aliphatic carboxylic acids is 2. The fourth-order valence-corrected chi connectivity index (χ4v) is 6.10. The van der Waals surface area contributed by atoms with Crippen molar-refractivity contribution in [2.45, 2.75) is 63.8 Å². The summed E-state index contributed by atoms with van der Waals surface area (Å²) in [7, 11) is -3.48. The molecular formula is C26H43N5O9S. The third-order valence-corrected chi connectivity index (χ3v) is 8.37. The van der Waals surface area contributed by atoms with E-state index in [0.717, 1.165) is 77.7 Å². The molecule has 0 atom stereocenters. The standard InChI is InChI=1S/C24H41N5O5S.C2H2O4/c30-24(27-22-10-13-25-14-11-22)26-12-6-1-2-7-21-35(31,32)29(23-8-4-3-5-9-23)34-20-17-28-15-18-33-19-16-28;3-1(4)2(5)6/h10-11,13-14,23H,1-9,12,15-21H2,(H2,25,26,27,30);(H,3,4)(H,5,6). The summed E-state index contributed by atoms with van der Waals surface area (Å²) in [5.41, 5.74) is 0.692. The molecule has 3 rings (SSSR count).